The summed E-state index contributed by atoms with van der Waals surface area (Å²) in [6.07, 6.45) is 14.1. The van der Waals surface area contributed by atoms with Gasteiger partial charge in [-0.15, -0.1) is 0 Å². The molecule has 2 nitrogen and oxygen atoms in total. The van der Waals surface area contributed by atoms with Crippen molar-refractivity contribution in [2.24, 2.45) is 0 Å². The second-order valence-electron chi connectivity index (χ2n) is 7.87. The van der Waals surface area contributed by atoms with Crippen molar-refractivity contribution in [3.05, 3.63) is 28.7 Å². The Kier molecular flexibility index (Phi) is 12.3. The van der Waals surface area contributed by atoms with Crippen LogP contribution in [0.15, 0.2) is 28.7 Å². The third-order valence-electron chi connectivity index (χ3n) is 4.90. The molecule has 1 aromatic rings. The van der Waals surface area contributed by atoms with Crippen molar-refractivity contribution in [1.29, 1.82) is 0 Å². The topological polar surface area (TPSA) is 9.23 Å². The molecule has 0 amide bonds. The second-order valence-corrected chi connectivity index (χ2v) is 8.78. The monoisotopic (exact) mass is 412 g/mol. The summed E-state index contributed by atoms with van der Waals surface area (Å²) in [5, 5.41) is 0. The average molecular weight is 413 g/mol. The maximum Gasteiger partial charge on any atom is 0.137 e. The highest BCUT2D eigenvalue weighted by Gasteiger charge is 2.14. The highest BCUT2D eigenvalue weighted by Crippen LogP contribution is 2.16. The van der Waals surface area contributed by atoms with Crippen LogP contribution in [0, 0.1) is 0 Å². The van der Waals surface area contributed by atoms with E-state index in [9.17, 15) is 0 Å². The lowest BCUT2D eigenvalue weighted by Gasteiger charge is -2.29. The maximum atomic E-state index is 5.86. The summed E-state index contributed by atoms with van der Waals surface area (Å²) in [6.45, 7) is 5.38. The van der Waals surface area contributed by atoms with Crippen molar-refractivity contribution >= 4 is 15.9 Å². The molecule has 0 N–H and O–H groups in total. The third-order valence-corrected chi connectivity index (χ3v) is 5.42. The molecule has 1 rings (SSSR count). The zero-order valence-corrected chi connectivity index (χ0v) is 18.3. The average Bonchev–Trinajstić information content (AvgIpc) is 2.58. The van der Waals surface area contributed by atoms with Gasteiger partial charge in [0.1, 0.15) is 18.9 Å². The second kappa shape index (κ2) is 13.6. The fourth-order valence-corrected chi connectivity index (χ4v) is 3.34. The van der Waals surface area contributed by atoms with Crippen LogP contribution >= 0.6 is 15.9 Å². The van der Waals surface area contributed by atoms with Gasteiger partial charge < -0.3 is 9.22 Å². The van der Waals surface area contributed by atoms with Crippen molar-refractivity contribution in [3.63, 3.8) is 0 Å². The van der Waals surface area contributed by atoms with Crippen LogP contribution < -0.4 is 4.74 Å². The summed E-state index contributed by atoms with van der Waals surface area (Å²) in [4.78, 5) is 0. The Morgan fingerprint density at radius 1 is 0.760 bits per heavy atom. The van der Waals surface area contributed by atoms with E-state index in [1.165, 1.54) is 70.8 Å². The number of quaternary nitrogens is 1. The van der Waals surface area contributed by atoms with Gasteiger partial charge >= 0.3 is 0 Å². The number of hydrogen-bond donors (Lipinski definition) is 0. The summed E-state index contributed by atoms with van der Waals surface area (Å²) < 4.78 is 8.00. The molecule has 0 aliphatic heterocycles. The smallest absolute Gasteiger partial charge is 0.137 e. The number of likely N-dealkylation sites (N-methyl/N-ethyl adjacent to an activating group) is 1. The summed E-state index contributed by atoms with van der Waals surface area (Å²) >= 11 is 3.45. The van der Waals surface area contributed by atoms with Gasteiger partial charge in [-0.1, -0.05) is 74.2 Å². The molecule has 0 bridgehead atoms. The highest BCUT2D eigenvalue weighted by atomic mass is 79.9. The summed E-state index contributed by atoms with van der Waals surface area (Å²) in [7, 11) is 4.64. The molecule has 0 fully saturated rings. The van der Waals surface area contributed by atoms with E-state index in [1.807, 2.05) is 24.3 Å². The van der Waals surface area contributed by atoms with Crippen molar-refractivity contribution in [3.8, 4) is 5.75 Å². The molecule has 3 heteroatoms. The van der Waals surface area contributed by atoms with Gasteiger partial charge in [-0.2, -0.15) is 0 Å². The molecule has 1 aromatic carbocycles. The molecule has 0 aliphatic carbocycles. The molecule has 0 atom stereocenters. The first-order chi connectivity index (χ1) is 12.0. The van der Waals surface area contributed by atoms with E-state index in [0.29, 0.717) is 0 Å². The van der Waals surface area contributed by atoms with Gasteiger partial charge in [0.25, 0.3) is 0 Å². The van der Waals surface area contributed by atoms with E-state index in [1.54, 1.807) is 0 Å². The molecule has 144 valence electrons. The van der Waals surface area contributed by atoms with Gasteiger partial charge in [-0.05, 0) is 37.1 Å². The van der Waals surface area contributed by atoms with E-state index in [4.69, 9.17) is 4.74 Å². The van der Waals surface area contributed by atoms with E-state index in [2.05, 4.69) is 36.9 Å². The number of ether oxygens (including phenoxy) is 1. The molecule has 0 aliphatic rings. The Hall–Kier alpha value is -0.540. The van der Waals surface area contributed by atoms with Crippen molar-refractivity contribution < 1.29 is 9.22 Å². The maximum absolute atomic E-state index is 5.86. The molecule has 25 heavy (non-hydrogen) atoms. The van der Waals surface area contributed by atoms with Gasteiger partial charge in [0.05, 0.1) is 20.6 Å². The van der Waals surface area contributed by atoms with Crippen LogP contribution in [-0.2, 0) is 0 Å². The Morgan fingerprint density at radius 2 is 1.28 bits per heavy atom. The van der Waals surface area contributed by atoms with E-state index < -0.39 is 0 Å². The van der Waals surface area contributed by atoms with Gasteiger partial charge in [-0.25, -0.2) is 0 Å². The molecule has 0 unspecified atom stereocenters. The minimum atomic E-state index is 0.784. The minimum Gasteiger partial charge on any atom is -0.488 e. The van der Waals surface area contributed by atoms with Crippen LogP contribution in [0.1, 0.15) is 71.1 Å². The Bertz CT molecular complexity index is 430. The standard InChI is InChI=1S/C22H39BrNO/c1-4-5-6-7-8-9-10-11-12-13-18-24(2,3)19-20-25-22-16-14-21(23)15-17-22/h14-17H,4-13,18-20H2,1-3H3/q+1. The van der Waals surface area contributed by atoms with Crippen LogP contribution in [0.4, 0.5) is 0 Å². The predicted octanol–water partition coefficient (Wildman–Crippen LogP) is 6.83. The van der Waals surface area contributed by atoms with E-state index in [0.717, 1.165) is 27.9 Å². The molecule has 0 radical (unpaired) electrons. The first-order valence-corrected chi connectivity index (χ1v) is 11.0. The Labute approximate surface area is 164 Å². The first-order valence-electron chi connectivity index (χ1n) is 10.2. The minimum absolute atomic E-state index is 0.784. The lowest BCUT2D eigenvalue weighted by atomic mass is 10.1. The zero-order valence-electron chi connectivity index (χ0n) is 16.7. The predicted molar refractivity (Wildman–Crippen MR) is 113 cm³/mol. The number of halogens is 1. The molecular formula is C22H39BrNO+. The number of nitrogens with zero attached hydrogens (tertiary/aromatic N) is 1. The van der Waals surface area contributed by atoms with Crippen molar-refractivity contribution in [2.75, 3.05) is 33.8 Å². The van der Waals surface area contributed by atoms with Crippen LogP contribution in [0.2, 0.25) is 0 Å². The molecule has 0 heterocycles. The number of benzene rings is 1. The fraction of sp³-hybridized carbons (Fsp3) is 0.727. The quantitative estimate of drug-likeness (QED) is 0.226. The number of hydrogen-bond acceptors (Lipinski definition) is 1. The largest absolute Gasteiger partial charge is 0.488 e. The van der Waals surface area contributed by atoms with Crippen molar-refractivity contribution in [1.82, 2.24) is 0 Å². The zero-order chi connectivity index (χ0) is 18.4. The number of unbranched alkanes of at least 4 members (excludes halogenated alkanes) is 9. The Morgan fingerprint density at radius 3 is 1.84 bits per heavy atom. The fourth-order valence-electron chi connectivity index (χ4n) is 3.08. The van der Waals surface area contributed by atoms with Gasteiger partial charge in [0, 0.05) is 4.47 Å². The SMILES string of the molecule is CCCCCCCCCCCC[N+](C)(C)CCOc1ccc(Br)cc1. The molecule has 0 aromatic heterocycles. The summed E-state index contributed by atoms with van der Waals surface area (Å²) in [5.74, 6) is 0.960. The molecular weight excluding hydrogens is 374 g/mol. The highest BCUT2D eigenvalue weighted by molar-refractivity contribution is 9.10. The Balaban J connectivity index is 1.98. The lowest BCUT2D eigenvalue weighted by Crippen LogP contribution is -2.43. The molecule has 0 spiro atoms. The number of rotatable bonds is 15. The lowest BCUT2D eigenvalue weighted by molar-refractivity contribution is -0.890. The third kappa shape index (κ3) is 12.4. The van der Waals surface area contributed by atoms with Crippen LogP contribution in [0.3, 0.4) is 0 Å². The van der Waals surface area contributed by atoms with Gasteiger partial charge in [-0.3, -0.25) is 0 Å². The summed E-state index contributed by atoms with van der Waals surface area (Å²) in [5.41, 5.74) is 0. The van der Waals surface area contributed by atoms with Crippen LogP contribution in [0.5, 0.6) is 5.75 Å². The van der Waals surface area contributed by atoms with Gasteiger partial charge in [0.2, 0.25) is 0 Å². The van der Waals surface area contributed by atoms with Crippen LogP contribution in [-0.4, -0.2) is 38.3 Å². The van der Waals surface area contributed by atoms with E-state index >= 15 is 0 Å². The van der Waals surface area contributed by atoms with E-state index in [-0.39, 0.29) is 0 Å². The first kappa shape index (κ1) is 22.5. The van der Waals surface area contributed by atoms with Gasteiger partial charge in [0.15, 0.2) is 0 Å². The normalized spacial score (nSPS) is 11.7. The van der Waals surface area contributed by atoms with Crippen LogP contribution in [0.25, 0.3) is 0 Å². The molecule has 0 saturated heterocycles. The molecule has 0 saturated carbocycles. The van der Waals surface area contributed by atoms with Crippen molar-refractivity contribution in [2.45, 2.75) is 71.1 Å². The summed E-state index contributed by atoms with van der Waals surface area (Å²) in [6, 6.07) is 8.09.